The molecule has 1 amide bonds. The van der Waals surface area contributed by atoms with E-state index in [1.165, 1.54) is 5.56 Å². The van der Waals surface area contributed by atoms with Crippen LogP contribution >= 0.6 is 0 Å². The van der Waals surface area contributed by atoms with Gasteiger partial charge in [0.1, 0.15) is 0 Å². The molecule has 1 aliphatic rings. The Hall–Kier alpha value is -3.49. The first-order valence-corrected chi connectivity index (χ1v) is 10.4. The number of hydrogen-bond acceptors (Lipinski definition) is 5. The van der Waals surface area contributed by atoms with Crippen LogP contribution in [0.2, 0.25) is 0 Å². The summed E-state index contributed by atoms with van der Waals surface area (Å²) in [5.74, 6) is -3.56. The van der Waals surface area contributed by atoms with Gasteiger partial charge in [-0.1, -0.05) is 60.7 Å². The van der Waals surface area contributed by atoms with E-state index < -0.39 is 11.9 Å². The van der Waals surface area contributed by atoms with Gasteiger partial charge in [0.05, 0.1) is 0 Å². The molecule has 3 rings (SSSR count). The highest BCUT2D eigenvalue weighted by molar-refractivity contribution is 6.27. The van der Waals surface area contributed by atoms with Gasteiger partial charge in [-0.2, -0.15) is 0 Å². The molecule has 8 heteroatoms. The minimum absolute atomic E-state index is 0.0874. The van der Waals surface area contributed by atoms with Gasteiger partial charge >= 0.3 is 11.9 Å². The minimum atomic E-state index is -1.82. The molecule has 2 aromatic carbocycles. The van der Waals surface area contributed by atoms with Crippen molar-refractivity contribution in [2.75, 3.05) is 44.6 Å². The average molecular weight is 440 g/mol. The molecular formula is C24H29N3O5. The third-order valence-electron chi connectivity index (χ3n) is 4.83. The van der Waals surface area contributed by atoms with Gasteiger partial charge in [0.2, 0.25) is 5.91 Å². The lowest BCUT2D eigenvalue weighted by molar-refractivity contribution is -0.159. The Morgan fingerprint density at radius 3 is 1.91 bits per heavy atom. The number of carbonyl (C=O) groups excluding carboxylic acids is 1. The zero-order valence-corrected chi connectivity index (χ0v) is 17.9. The number of carbonyl (C=O) groups is 3. The molecule has 3 N–H and O–H groups in total. The smallest absolute Gasteiger partial charge is 0.414 e. The lowest BCUT2D eigenvalue weighted by atomic mass is 10.2. The number of piperazine rings is 1. The highest BCUT2D eigenvalue weighted by atomic mass is 16.4. The van der Waals surface area contributed by atoms with E-state index in [0.717, 1.165) is 45.0 Å². The zero-order chi connectivity index (χ0) is 23.2. The molecule has 1 saturated heterocycles. The molecule has 1 aliphatic heterocycles. The molecule has 1 heterocycles. The van der Waals surface area contributed by atoms with Crippen LogP contribution in [0.25, 0.3) is 6.08 Å². The molecule has 0 bridgehead atoms. The van der Waals surface area contributed by atoms with Gasteiger partial charge in [0.25, 0.3) is 0 Å². The Morgan fingerprint density at radius 1 is 0.812 bits per heavy atom. The third kappa shape index (κ3) is 10.0. The van der Waals surface area contributed by atoms with E-state index in [2.05, 4.69) is 51.5 Å². The number of carboxylic acid groups (broad SMARTS) is 2. The molecule has 0 unspecified atom stereocenters. The maximum Gasteiger partial charge on any atom is 0.414 e. The second kappa shape index (κ2) is 13.7. The van der Waals surface area contributed by atoms with Crippen molar-refractivity contribution >= 4 is 29.6 Å². The minimum Gasteiger partial charge on any atom is -0.473 e. The SMILES string of the molecule is O=C(CCN1CCN(C/C=C/c2ccccc2)CC1)Nc1ccccc1.O=C(O)C(=O)O. The van der Waals surface area contributed by atoms with Crippen LogP contribution < -0.4 is 5.32 Å². The second-order valence-corrected chi connectivity index (χ2v) is 7.23. The molecule has 0 atom stereocenters. The monoisotopic (exact) mass is 439 g/mol. The van der Waals surface area contributed by atoms with Crippen molar-refractivity contribution < 1.29 is 24.6 Å². The van der Waals surface area contributed by atoms with Crippen LogP contribution in [-0.4, -0.2) is 77.1 Å². The van der Waals surface area contributed by atoms with Crippen molar-refractivity contribution in [3.63, 3.8) is 0 Å². The largest absolute Gasteiger partial charge is 0.473 e. The third-order valence-corrected chi connectivity index (χ3v) is 4.83. The number of anilines is 1. The van der Waals surface area contributed by atoms with Crippen LogP contribution in [0.5, 0.6) is 0 Å². The fourth-order valence-corrected chi connectivity index (χ4v) is 3.10. The van der Waals surface area contributed by atoms with Crippen molar-refractivity contribution in [2.24, 2.45) is 0 Å². The number of para-hydroxylation sites is 1. The van der Waals surface area contributed by atoms with Crippen LogP contribution in [0.4, 0.5) is 5.69 Å². The number of aliphatic carboxylic acids is 2. The fourth-order valence-electron chi connectivity index (χ4n) is 3.10. The predicted molar refractivity (Wildman–Crippen MR) is 123 cm³/mol. The van der Waals surface area contributed by atoms with E-state index >= 15 is 0 Å². The van der Waals surface area contributed by atoms with Crippen LogP contribution in [0, 0.1) is 0 Å². The number of nitrogens with one attached hydrogen (secondary N) is 1. The molecule has 170 valence electrons. The van der Waals surface area contributed by atoms with Crippen LogP contribution in [0.15, 0.2) is 66.7 Å². The molecule has 0 aromatic heterocycles. The van der Waals surface area contributed by atoms with Gasteiger partial charge in [-0.3, -0.25) is 9.69 Å². The van der Waals surface area contributed by atoms with E-state index in [1.807, 2.05) is 36.4 Å². The Bertz CT molecular complexity index is 867. The van der Waals surface area contributed by atoms with Gasteiger partial charge < -0.3 is 20.4 Å². The van der Waals surface area contributed by atoms with E-state index in [-0.39, 0.29) is 5.91 Å². The van der Waals surface area contributed by atoms with Gasteiger partial charge in [0, 0.05) is 51.4 Å². The molecule has 1 fully saturated rings. The van der Waals surface area contributed by atoms with Gasteiger partial charge in [-0.05, 0) is 17.7 Å². The zero-order valence-electron chi connectivity index (χ0n) is 17.9. The summed E-state index contributed by atoms with van der Waals surface area (Å²) in [6.07, 6.45) is 4.96. The van der Waals surface area contributed by atoms with Gasteiger partial charge in [-0.15, -0.1) is 0 Å². The van der Waals surface area contributed by atoms with Crippen molar-refractivity contribution in [1.82, 2.24) is 9.80 Å². The summed E-state index contributed by atoms with van der Waals surface area (Å²) in [6, 6.07) is 20.0. The lowest BCUT2D eigenvalue weighted by Gasteiger charge is -2.34. The second-order valence-electron chi connectivity index (χ2n) is 7.23. The summed E-state index contributed by atoms with van der Waals surface area (Å²) in [7, 11) is 0. The summed E-state index contributed by atoms with van der Waals surface area (Å²) in [5.41, 5.74) is 2.11. The average Bonchev–Trinajstić information content (AvgIpc) is 2.80. The Kier molecular flexibility index (Phi) is 10.6. The first kappa shape index (κ1) is 24.8. The first-order valence-electron chi connectivity index (χ1n) is 10.4. The molecule has 32 heavy (non-hydrogen) atoms. The first-order chi connectivity index (χ1) is 15.4. The van der Waals surface area contributed by atoms with E-state index in [0.29, 0.717) is 6.42 Å². The van der Waals surface area contributed by atoms with Crippen LogP contribution in [0.1, 0.15) is 12.0 Å². The Morgan fingerprint density at radius 2 is 1.34 bits per heavy atom. The van der Waals surface area contributed by atoms with Gasteiger partial charge in [-0.25, -0.2) is 9.59 Å². The summed E-state index contributed by atoms with van der Waals surface area (Å²) in [6.45, 7) is 5.97. The van der Waals surface area contributed by atoms with Gasteiger partial charge in [0.15, 0.2) is 0 Å². The summed E-state index contributed by atoms with van der Waals surface area (Å²) in [4.78, 5) is 35.1. The molecule has 0 saturated carbocycles. The Labute approximate surface area is 187 Å². The van der Waals surface area contributed by atoms with Crippen molar-refractivity contribution in [1.29, 1.82) is 0 Å². The number of nitrogens with zero attached hydrogens (tertiary/aromatic N) is 2. The number of benzene rings is 2. The summed E-state index contributed by atoms with van der Waals surface area (Å²) in [5, 5.41) is 17.7. The topological polar surface area (TPSA) is 110 Å². The number of hydrogen-bond donors (Lipinski definition) is 3. The fraction of sp³-hybridized carbons (Fsp3) is 0.292. The summed E-state index contributed by atoms with van der Waals surface area (Å²) >= 11 is 0. The summed E-state index contributed by atoms with van der Waals surface area (Å²) < 4.78 is 0. The van der Waals surface area contributed by atoms with E-state index in [1.54, 1.807) is 0 Å². The molecule has 8 nitrogen and oxygen atoms in total. The molecule has 0 aliphatic carbocycles. The molecular weight excluding hydrogens is 410 g/mol. The van der Waals surface area contributed by atoms with Crippen molar-refractivity contribution in [3.8, 4) is 0 Å². The quantitative estimate of drug-likeness (QED) is 0.569. The van der Waals surface area contributed by atoms with Crippen LogP contribution in [-0.2, 0) is 14.4 Å². The maximum atomic E-state index is 12.0. The highest BCUT2D eigenvalue weighted by Crippen LogP contribution is 2.07. The number of amides is 1. The molecule has 2 aromatic rings. The normalized spacial score (nSPS) is 14.4. The molecule has 0 spiro atoms. The maximum absolute atomic E-state index is 12.0. The van der Waals surface area contributed by atoms with E-state index in [9.17, 15) is 4.79 Å². The Balaban J connectivity index is 0.000000534. The number of rotatable bonds is 7. The van der Waals surface area contributed by atoms with E-state index in [4.69, 9.17) is 19.8 Å². The van der Waals surface area contributed by atoms with Crippen LogP contribution in [0.3, 0.4) is 0 Å². The lowest BCUT2D eigenvalue weighted by Crippen LogP contribution is -2.46. The standard InChI is InChI=1S/C22H27N3O.C2H2O4/c26-22(23-21-11-5-2-6-12-21)13-15-25-18-16-24(17-19-25)14-7-10-20-8-3-1-4-9-20;3-1(4)2(5)6/h1-12H,13-19H2,(H,23,26);(H,3,4)(H,5,6)/b10-7+;. The predicted octanol–water partition coefficient (Wildman–Crippen LogP) is 2.50. The highest BCUT2D eigenvalue weighted by Gasteiger charge is 2.16. The van der Waals surface area contributed by atoms with Crippen molar-refractivity contribution in [3.05, 3.63) is 72.3 Å². The number of carboxylic acids is 2. The molecule has 0 radical (unpaired) electrons. The van der Waals surface area contributed by atoms with Crippen molar-refractivity contribution in [2.45, 2.75) is 6.42 Å².